The number of aryl methyl sites for hydroxylation is 1. The SMILES string of the molecule is Cc1cc(C(=O)O)ccc1NC(=O)NCCn1ccnc1. The third-order valence-corrected chi connectivity index (χ3v) is 2.94. The van der Waals surface area contributed by atoms with Gasteiger partial charge in [-0.25, -0.2) is 14.6 Å². The van der Waals surface area contributed by atoms with Gasteiger partial charge in [0.05, 0.1) is 11.9 Å². The molecule has 0 aliphatic heterocycles. The fourth-order valence-corrected chi connectivity index (χ4v) is 1.82. The van der Waals surface area contributed by atoms with Crippen molar-refractivity contribution in [3.05, 3.63) is 48.0 Å². The van der Waals surface area contributed by atoms with E-state index in [1.165, 1.54) is 12.1 Å². The highest BCUT2D eigenvalue weighted by Crippen LogP contribution is 2.16. The Morgan fingerprint density at radius 3 is 2.81 bits per heavy atom. The molecular weight excluding hydrogens is 272 g/mol. The molecule has 0 bridgehead atoms. The molecule has 0 fully saturated rings. The van der Waals surface area contributed by atoms with E-state index in [-0.39, 0.29) is 11.6 Å². The lowest BCUT2D eigenvalue weighted by Gasteiger charge is -2.10. The highest BCUT2D eigenvalue weighted by Gasteiger charge is 2.08. The molecular formula is C14H16N4O3. The smallest absolute Gasteiger partial charge is 0.335 e. The van der Waals surface area contributed by atoms with Crippen molar-refractivity contribution in [3.8, 4) is 0 Å². The van der Waals surface area contributed by atoms with Gasteiger partial charge in [-0.2, -0.15) is 0 Å². The Morgan fingerprint density at radius 1 is 1.38 bits per heavy atom. The highest BCUT2D eigenvalue weighted by molar-refractivity contribution is 5.92. The maximum atomic E-state index is 11.7. The van der Waals surface area contributed by atoms with Crippen molar-refractivity contribution in [1.29, 1.82) is 0 Å². The van der Waals surface area contributed by atoms with Gasteiger partial charge >= 0.3 is 12.0 Å². The van der Waals surface area contributed by atoms with E-state index >= 15 is 0 Å². The number of carboxylic acids is 1. The summed E-state index contributed by atoms with van der Waals surface area (Å²) in [5.74, 6) is -0.991. The van der Waals surface area contributed by atoms with Gasteiger partial charge in [-0.15, -0.1) is 0 Å². The van der Waals surface area contributed by atoms with E-state index in [0.29, 0.717) is 24.3 Å². The minimum atomic E-state index is -0.991. The maximum absolute atomic E-state index is 11.7. The predicted molar refractivity (Wildman–Crippen MR) is 77.4 cm³/mol. The number of rotatable bonds is 5. The van der Waals surface area contributed by atoms with Crippen LogP contribution in [0.2, 0.25) is 0 Å². The molecule has 0 aliphatic rings. The number of anilines is 1. The van der Waals surface area contributed by atoms with Gasteiger partial charge in [0, 0.05) is 31.2 Å². The number of urea groups is 1. The number of carbonyl (C=O) groups excluding carboxylic acids is 1. The summed E-state index contributed by atoms with van der Waals surface area (Å²) in [4.78, 5) is 26.5. The molecule has 1 aromatic heterocycles. The number of imidazole rings is 1. The van der Waals surface area contributed by atoms with Crippen LogP contribution in [-0.2, 0) is 6.54 Å². The number of carboxylic acid groups (broad SMARTS) is 1. The summed E-state index contributed by atoms with van der Waals surface area (Å²) in [6, 6.07) is 4.22. The maximum Gasteiger partial charge on any atom is 0.335 e. The summed E-state index contributed by atoms with van der Waals surface area (Å²) in [6.07, 6.45) is 5.16. The zero-order valence-corrected chi connectivity index (χ0v) is 11.5. The Labute approximate surface area is 121 Å². The van der Waals surface area contributed by atoms with Crippen molar-refractivity contribution in [3.63, 3.8) is 0 Å². The van der Waals surface area contributed by atoms with E-state index in [4.69, 9.17) is 5.11 Å². The normalized spacial score (nSPS) is 10.1. The van der Waals surface area contributed by atoms with Crippen LogP contribution in [0.5, 0.6) is 0 Å². The summed E-state index contributed by atoms with van der Waals surface area (Å²) in [7, 11) is 0. The standard InChI is InChI=1S/C14H16N4O3/c1-10-8-11(13(19)20)2-3-12(10)17-14(21)16-5-7-18-6-4-15-9-18/h2-4,6,8-9H,5,7H2,1H3,(H,19,20)(H2,16,17,21). The molecule has 1 heterocycles. The number of aromatic nitrogens is 2. The molecule has 2 rings (SSSR count). The number of carbonyl (C=O) groups is 2. The van der Waals surface area contributed by atoms with Crippen LogP contribution in [0.1, 0.15) is 15.9 Å². The fraction of sp³-hybridized carbons (Fsp3) is 0.214. The van der Waals surface area contributed by atoms with Gasteiger partial charge in [-0.1, -0.05) is 0 Å². The summed E-state index contributed by atoms with van der Waals surface area (Å²) in [6.45, 7) is 2.84. The summed E-state index contributed by atoms with van der Waals surface area (Å²) in [5, 5.41) is 14.3. The van der Waals surface area contributed by atoms with E-state index in [2.05, 4.69) is 15.6 Å². The minimum absolute atomic E-state index is 0.193. The fourth-order valence-electron chi connectivity index (χ4n) is 1.82. The lowest BCUT2D eigenvalue weighted by Crippen LogP contribution is -2.31. The quantitative estimate of drug-likeness (QED) is 0.780. The molecule has 2 aromatic rings. The largest absolute Gasteiger partial charge is 0.478 e. The van der Waals surface area contributed by atoms with Gasteiger partial charge in [0.1, 0.15) is 0 Å². The molecule has 0 unspecified atom stereocenters. The Hall–Kier alpha value is -2.83. The molecule has 0 aliphatic carbocycles. The van der Waals surface area contributed by atoms with Crippen LogP contribution in [0, 0.1) is 6.92 Å². The van der Waals surface area contributed by atoms with E-state index < -0.39 is 5.97 Å². The lowest BCUT2D eigenvalue weighted by atomic mass is 10.1. The van der Waals surface area contributed by atoms with E-state index in [9.17, 15) is 9.59 Å². The minimum Gasteiger partial charge on any atom is -0.478 e. The van der Waals surface area contributed by atoms with Crippen LogP contribution in [0.4, 0.5) is 10.5 Å². The summed E-state index contributed by atoms with van der Waals surface area (Å²) < 4.78 is 1.85. The molecule has 0 saturated carbocycles. The van der Waals surface area contributed by atoms with Gasteiger partial charge < -0.3 is 20.3 Å². The molecule has 0 saturated heterocycles. The van der Waals surface area contributed by atoms with Crippen LogP contribution in [0.3, 0.4) is 0 Å². The molecule has 1 aromatic carbocycles. The molecule has 110 valence electrons. The molecule has 7 heteroatoms. The molecule has 2 amide bonds. The zero-order valence-electron chi connectivity index (χ0n) is 11.5. The molecule has 0 atom stereocenters. The van der Waals surface area contributed by atoms with Crippen molar-refractivity contribution in [2.24, 2.45) is 0 Å². The van der Waals surface area contributed by atoms with Gasteiger partial charge in [-0.05, 0) is 30.7 Å². The highest BCUT2D eigenvalue weighted by atomic mass is 16.4. The van der Waals surface area contributed by atoms with Gasteiger partial charge in [0.25, 0.3) is 0 Å². The van der Waals surface area contributed by atoms with Crippen molar-refractivity contribution in [1.82, 2.24) is 14.9 Å². The second-order valence-electron chi connectivity index (χ2n) is 4.52. The number of amides is 2. The monoisotopic (exact) mass is 288 g/mol. The number of nitrogens with one attached hydrogen (secondary N) is 2. The third-order valence-electron chi connectivity index (χ3n) is 2.94. The van der Waals surface area contributed by atoms with Crippen LogP contribution in [-0.4, -0.2) is 33.2 Å². The summed E-state index contributed by atoms with van der Waals surface area (Å²) >= 11 is 0. The Kier molecular flexibility index (Phi) is 4.55. The van der Waals surface area contributed by atoms with Crippen molar-refractivity contribution in [2.45, 2.75) is 13.5 Å². The number of hydrogen-bond acceptors (Lipinski definition) is 3. The first-order valence-electron chi connectivity index (χ1n) is 6.41. The van der Waals surface area contributed by atoms with Gasteiger partial charge in [-0.3, -0.25) is 0 Å². The van der Waals surface area contributed by atoms with Crippen molar-refractivity contribution >= 4 is 17.7 Å². The van der Waals surface area contributed by atoms with Crippen molar-refractivity contribution < 1.29 is 14.7 Å². The molecule has 0 radical (unpaired) electrons. The third kappa shape index (κ3) is 4.07. The zero-order chi connectivity index (χ0) is 15.2. The van der Waals surface area contributed by atoms with Gasteiger partial charge in [0.2, 0.25) is 0 Å². The Bertz CT molecular complexity index is 638. The average molecular weight is 288 g/mol. The number of aromatic carboxylic acids is 1. The lowest BCUT2D eigenvalue weighted by molar-refractivity contribution is 0.0697. The number of benzene rings is 1. The summed E-state index contributed by atoms with van der Waals surface area (Å²) in [5.41, 5.74) is 1.47. The van der Waals surface area contributed by atoms with Crippen LogP contribution in [0.15, 0.2) is 36.9 Å². The number of hydrogen-bond donors (Lipinski definition) is 3. The van der Waals surface area contributed by atoms with Gasteiger partial charge in [0.15, 0.2) is 0 Å². The second-order valence-corrected chi connectivity index (χ2v) is 4.52. The first kappa shape index (κ1) is 14.6. The molecule has 7 nitrogen and oxygen atoms in total. The second kappa shape index (κ2) is 6.56. The first-order chi connectivity index (χ1) is 10.1. The average Bonchev–Trinajstić information content (AvgIpc) is 2.94. The Morgan fingerprint density at radius 2 is 2.19 bits per heavy atom. The number of nitrogens with zero attached hydrogens (tertiary/aromatic N) is 2. The Balaban J connectivity index is 1.86. The molecule has 0 spiro atoms. The predicted octanol–water partition coefficient (Wildman–Crippen LogP) is 1.71. The first-order valence-corrected chi connectivity index (χ1v) is 6.41. The molecule has 3 N–H and O–H groups in total. The van der Waals surface area contributed by atoms with E-state index in [0.717, 1.165) is 0 Å². The van der Waals surface area contributed by atoms with Crippen LogP contribution < -0.4 is 10.6 Å². The van der Waals surface area contributed by atoms with Crippen LogP contribution >= 0.6 is 0 Å². The van der Waals surface area contributed by atoms with E-state index in [1.54, 1.807) is 25.5 Å². The van der Waals surface area contributed by atoms with Crippen LogP contribution in [0.25, 0.3) is 0 Å². The topological polar surface area (TPSA) is 96.3 Å². The molecule has 21 heavy (non-hydrogen) atoms. The van der Waals surface area contributed by atoms with E-state index in [1.807, 2.05) is 10.8 Å². The van der Waals surface area contributed by atoms with Crippen molar-refractivity contribution in [2.75, 3.05) is 11.9 Å².